The summed E-state index contributed by atoms with van der Waals surface area (Å²) in [7, 11) is 0. The average Bonchev–Trinajstić information content (AvgIpc) is 3.05. The molecule has 122 valence electrons. The third-order valence-electron chi connectivity index (χ3n) is 4.40. The minimum absolute atomic E-state index is 0.0797. The standard InChI is InChI=1S/C16H24N2O4/c1-11-9-14(13(3)22-11)12(2)17-15(19)18-6-4-5-16(10-18)20-7-8-21-16/h9,12H,4-8,10H2,1-3H3,(H,17,19)/t12-/m0/s1. The quantitative estimate of drug-likeness (QED) is 0.912. The highest BCUT2D eigenvalue weighted by Gasteiger charge is 2.42. The van der Waals surface area contributed by atoms with Crippen molar-refractivity contribution in [1.82, 2.24) is 10.2 Å². The molecule has 1 N–H and O–H groups in total. The van der Waals surface area contributed by atoms with E-state index in [0.717, 1.165) is 36.5 Å². The molecule has 0 saturated carbocycles. The van der Waals surface area contributed by atoms with Crippen molar-refractivity contribution >= 4 is 6.03 Å². The first kappa shape index (κ1) is 15.4. The molecule has 2 fully saturated rings. The molecule has 0 unspecified atom stereocenters. The molecule has 1 atom stereocenters. The van der Waals surface area contributed by atoms with Gasteiger partial charge in [-0.3, -0.25) is 0 Å². The molecule has 3 heterocycles. The van der Waals surface area contributed by atoms with Crippen LogP contribution in [0.15, 0.2) is 10.5 Å². The van der Waals surface area contributed by atoms with E-state index >= 15 is 0 Å². The first-order chi connectivity index (χ1) is 10.5. The molecule has 1 aromatic rings. The van der Waals surface area contributed by atoms with Crippen LogP contribution in [0, 0.1) is 13.8 Å². The molecular weight excluding hydrogens is 284 g/mol. The fraction of sp³-hybridized carbons (Fsp3) is 0.688. The first-order valence-corrected chi connectivity index (χ1v) is 7.89. The summed E-state index contributed by atoms with van der Waals surface area (Å²) in [6, 6.07) is 1.80. The van der Waals surface area contributed by atoms with Gasteiger partial charge in [-0.15, -0.1) is 0 Å². The minimum atomic E-state index is -0.582. The number of rotatable bonds is 2. The lowest BCUT2D eigenvalue weighted by Gasteiger charge is -2.38. The molecule has 2 aliphatic rings. The van der Waals surface area contributed by atoms with Crippen molar-refractivity contribution < 1.29 is 18.7 Å². The van der Waals surface area contributed by atoms with Crippen LogP contribution in [0.4, 0.5) is 4.79 Å². The van der Waals surface area contributed by atoms with E-state index in [4.69, 9.17) is 13.9 Å². The molecule has 1 aromatic heterocycles. The highest BCUT2D eigenvalue weighted by atomic mass is 16.7. The number of piperidine rings is 1. The highest BCUT2D eigenvalue weighted by Crippen LogP contribution is 2.30. The molecule has 0 aromatic carbocycles. The number of hydrogen-bond donors (Lipinski definition) is 1. The van der Waals surface area contributed by atoms with Gasteiger partial charge in [-0.05, 0) is 33.3 Å². The fourth-order valence-corrected chi connectivity index (χ4v) is 3.33. The van der Waals surface area contributed by atoms with E-state index in [2.05, 4.69) is 5.32 Å². The first-order valence-electron chi connectivity index (χ1n) is 7.89. The van der Waals surface area contributed by atoms with Crippen LogP contribution in [0.1, 0.15) is 42.9 Å². The molecule has 22 heavy (non-hydrogen) atoms. The van der Waals surface area contributed by atoms with Crippen LogP contribution >= 0.6 is 0 Å². The maximum Gasteiger partial charge on any atom is 0.318 e. The predicted molar refractivity (Wildman–Crippen MR) is 80.6 cm³/mol. The zero-order valence-electron chi connectivity index (χ0n) is 13.5. The van der Waals surface area contributed by atoms with E-state index in [1.807, 2.05) is 26.8 Å². The summed E-state index contributed by atoms with van der Waals surface area (Å²) in [6.07, 6.45) is 1.75. The van der Waals surface area contributed by atoms with Crippen molar-refractivity contribution in [3.8, 4) is 0 Å². The van der Waals surface area contributed by atoms with E-state index in [-0.39, 0.29) is 12.1 Å². The Balaban J connectivity index is 1.62. The van der Waals surface area contributed by atoms with E-state index in [9.17, 15) is 4.79 Å². The van der Waals surface area contributed by atoms with Crippen LogP contribution in [0.25, 0.3) is 0 Å². The van der Waals surface area contributed by atoms with Crippen molar-refractivity contribution in [3.63, 3.8) is 0 Å². The summed E-state index contributed by atoms with van der Waals surface area (Å²) in [5.74, 6) is 1.13. The Kier molecular flexibility index (Phi) is 4.14. The Bertz CT molecular complexity index is 548. The fourth-order valence-electron chi connectivity index (χ4n) is 3.33. The molecule has 2 aliphatic heterocycles. The number of nitrogens with one attached hydrogen (secondary N) is 1. The van der Waals surface area contributed by atoms with Gasteiger partial charge in [0.15, 0.2) is 5.79 Å². The SMILES string of the molecule is Cc1cc([C@H](C)NC(=O)N2CCCC3(C2)OCCO3)c(C)o1. The smallest absolute Gasteiger partial charge is 0.318 e. The van der Waals surface area contributed by atoms with Gasteiger partial charge in [0.1, 0.15) is 11.5 Å². The van der Waals surface area contributed by atoms with Gasteiger partial charge in [0, 0.05) is 18.5 Å². The predicted octanol–water partition coefficient (Wildman–Crippen LogP) is 2.51. The molecule has 1 spiro atoms. The van der Waals surface area contributed by atoms with Crippen LogP contribution in [0.3, 0.4) is 0 Å². The number of hydrogen-bond acceptors (Lipinski definition) is 4. The molecule has 0 bridgehead atoms. The maximum absolute atomic E-state index is 12.5. The number of aryl methyl sites for hydroxylation is 2. The van der Waals surface area contributed by atoms with Gasteiger partial charge in [0.05, 0.1) is 25.8 Å². The summed E-state index contributed by atoms with van der Waals surface area (Å²) < 4.78 is 17.0. The third kappa shape index (κ3) is 2.98. The van der Waals surface area contributed by atoms with E-state index in [0.29, 0.717) is 19.8 Å². The normalized spacial score (nSPS) is 22.0. The van der Waals surface area contributed by atoms with Crippen molar-refractivity contribution in [1.29, 1.82) is 0 Å². The molecule has 6 nitrogen and oxygen atoms in total. The number of furan rings is 1. The lowest BCUT2D eigenvalue weighted by molar-refractivity contribution is -0.182. The van der Waals surface area contributed by atoms with Gasteiger partial charge < -0.3 is 24.1 Å². The molecule has 0 aliphatic carbocycles. The van der Waals surface area contributed by atoms with Gasteiger partial charge in [-0.25, -0.2) is 4.79 Å². The van der Waals surface area contributed by atoms with Crippen molar-refractivity contribution in [3.05, 3.63) is 23.2 Å². The summed E-state index contributed by atoms with van der Waals surface area (Å²) in [4.78, 5) is 14.3. The lowest BCUT2D eigenvalue weighted by atomic mass is 10.0. The zero-order valence-corrected chi connectivity index (χ0v) is 13.5. The molecule has 6 heteroatoms. The van der Waals surface area contributed by atoms with Crippen LogP contribution in [0.5, 0.6) is 0 Å². The Morgan fingerprint density at radius 3 is 2.73 bits per heavy atom. The van der Waals surface area contributed by atoms with Gasteiger partial charge >= 0.3 is 6.03 Å². The molecule has 0 radical (unpaired) electrons. The Hall–Kier alpha value is -1.53. The number of carbonyl (C=O) groups is 1. The Morgan fingerprint density at radius 1 is 1.36 bits per heavy atom. The van der Waals surface area contributed by atoms with Gasteiger partial charge in [0.2, 0.25) is 0 Å². The Morgan fingerprint density at radius 2 is 2.09 bits per heavy atom. The molecule has 2 saturated heterocycles. The maximum atomic E-state index is 12.5. The topological polar surface area (TPSA) is 63.9 Å². The largest absolute Gasteiger partial charge is 0.466 e. The highest BCUT2D eigenvalue weighted by molar-refractivity contribution is 5.75. The van der Waals surface area contributed by atoms with Gasteiger partial charge in [-0.2, -0.15) is 0 Å². The number of urea groups is 1. The number of carbonyl (C=O) groups excluding carboxylic acids is 1. The van der Waals surface area contributed by atoms with Crippen molar-refractivity contribution in [2.45, 2.75) is 45.4 Å². The molecular formula is C16H24N2O4. The Labute approximate surface area is 130 Å². The van der Waals surface area contributed by atoms with Gasteiger partial charge in [-0.1, -0.05) is 0 Å². The van der Waals surface area contributed by atoms with E-state index in [1.165, 1.54) is 0 Å². The minimum Gasteiger partial charge on any atom is -0.466 e. The lowest BCUT2D eigenvalue weighted by Crippen LogP contribution is -2.53. The average molecular weight is 308 g/mol. The summed E-state index contributed by atoms with van der Waals surface area (Å²) in [5, 5.41) is 3.04. The van der Waals surface area contributed by atoms with Crippen LogP contribution in [0.2, 0.25) is 0 Å². The van der Waals surface area contributed by atoms with E-state index < -0.39 is 5.79 Å². The van der Waals surface area contributed by atoms with Crippen LogP contribution in [-0.2, 0) is 9.47 Å². The molecule has 3 rings (SSSR count). The number of likely N-dealkylation sites (tertiary alicyclic amines) is 1. The second kappa shape index (κ2) is 5.93. The third-order valence-corrected chi connectivity index (χ3v) is 4.40. The van der Waals surface area contributed by atoms with Crippen molar-refractivity contribution in [2.24, 2.45) is 0 Å². The second-order valence-corrected chi connectivity index (χ2v) is 6.17. The van der Waals surface area contributed by atoms with E-state index in [1.54, 1.807) is 4.90 Å². The summed E-state index contributed by atoms with van der Waals surface area (Å²) in [5.41, 5.74) is 1.02. The number of nitrogens with zero attached hydrogens (tertiary/aromatic N) is 1. The summed E-state index contributed by atoms with van der Waals surface area (Å²) in [6.45, 7) is 8.25. The van der Waals surface area contributed by atoms with Crippen molar-refractivity contribution in [2.75, 3.05) is 26.3 Å². The monoisotopic (exact) mass is 308 g/mol. The van der Waals surface area contributed by atoms with Gasteiger partial charge in [0.25, 0.3) is 0 Å². The van der Waals surface area contributed by atoms with Crippen LogP contribution in [-0.4, -0.2) is 43.0 Å². The summed E-state index contributed by atoms with van der Waals surface area (Å²) >= 11 is 0. The van der Waals surface area contributed by atoms with Crippen LogP contribution < -0.4 is 5.32 Å². The second-order valence-electron chi connectivity index (χ2n) is 6.17. The molecule has 2 amide bonds. The number of amides is 2. The number of ether oxygens (including phenoxy) is 2. The zero-order chi connectivity index (χ0) is 15.7.